The Kier molecular flexibility index (Phi) is 4.10. The van der Waals surface area contributed by atoms with Crippen LogP contribution >= 0.6 is 15.9 Å². The average Bonchev–Trinajstić information content (AvgIpc) is 2.76. The van der Waals surface area contributed by atoms with Crippen molar-refractivity contribution < 1.29 is 0 Å². The van der Waals surface area contributed by atoms with Gasteiger partial charge in [-0.3, -0.25) is 4.90 Å². The predicted octanol–water partition coefficient (Wildman–Crippen LogP) is 2.58. The first kappa shape index (κ1) is 13.4. The van der Waals surface area contributed by atoms with Crippen molar-refractivity contribution in [1.82, 2.24) is 4.90 Å². The van der Waals surface area contributed by atoms with Gasteiger partial charge in [0.2, 0.25) is 0 Å². The quantitative estimate of drug-likeness (QED) is 0.908. The molecule has 19 heavy (non-hydrogen) atoms. The first-order valence-corrected chi connectivity index (χ1v) is 8.05. The fraction of sp³-hybridized carbons (Fsp3) is 0.600. The first-order chi connectivity index (χ1) is 9.28. The topological polar surface area (TPSA) is 32.5 Å². The molecule has 104 valence electrons. The van der Waals surface area contributed by atoms with E-state index < -0.39 is 0 Å². The van der Waals surface area contributed by atoms with E-state index in [0.29, 0.717) is 6.54 Å². The third-order valence-electron chi connectivity index (χ3n) is 4.43. The minimum absolute atomic E-state index is 0.595. The van der Waals surface area contributed by atoms with Gasteiger partial charge in [-0.2, -0.15) is 0 Å². The van der Waals surface area contributed by atoms with Gasteiger partial charge in [-0.05, 0) is 43.5 Å². The third-order valence-corrected chi connectivity index (χ3v) is 5.16. The van der Waals surface area contributed by atoms with Crippen molar-refractivity contribution in [2.24, 2.45) is 5.73 Å². The van der Waals surface area contributed by atoms with Crippen LogP contribution in [-0.4, -0.2) is 37.1 Å². The number of hydrogen-bond acceptors (Lipinski definition) is 3. The smallest absolute Gasteiger partial charge is 0.0378 e. The number of fused-ring (bicyclic) bond motifs is 1. The third kappa shape index (κ3) is 2.81. The van der Waals surface area contributed by atoms with Crippen molar-refractivity contribution in [2.75, 3.05) is 31.1 Å². The molecule has 1 aromatic carbocycles. The summed E-state index contributed by atoms with van der Waals surface area (Å²) < 4.78 is 1.14. The molecule has 2 aliphatic heterocycles. The largest absolute Gasteiger partial charge is 0.370 e. The summed E-state index contributed by atoms with van der Waals surface area (Å²) in [5, 5.41) is 0. The van der Waals surface area contributed by atoms with Gasteiger partial charge in [0, 0.05) is 42.4 Å². The lowest BCUT2D eigenvalue weighted by Crippen LogP contribution is -2.36. The lowest BCUT2D eigenvalue weighted by molar-refractivity contribution is 0.273. The van der Waals surface area contributed by atoms with Crippen LogP contribution in [0, 0.1) is 0 Å². The van der Waals surface area contributed by atoms with E-state index in [0.717, 1.165) is 10.5 Å². The number of nitrogens with two attached hydrogens (primary N) is 1. The number of nitrogens with zero attached hydrogens (tertiary/aromatic N) is 2. The molecule has 3 rings (SSSR count). The van der Waals surface area contributed by atoms with E-state index in [4.69, 9.17) is 5.73 Å². The van der Waals surface area contributed by atoms with E-state index in [9.17, 15) is 0 Å². The maximum atomic E-state index is 5.72. The molecule has 0 aliphatic carbocycles. The van der Waals surface area contributed by atoms with Gasteiger partial charge in [0.05, 0.1) is 0 Å². The Morgan fingerprint density at radius 3 is 2.84 bits per heavy atom. The van der Waals surface area contributed by atoms with Crippen molar-refractivity contribution in [2.45, 2.75) is 31.8 Å². The molecule has 2 heterocycles. The van der Waals surface area contributed by atoms with Crippen molar-refractivity contribution >= 4 is 21.6 Å². The molecule has 0 spiro atoms. The van der Waals surface area contributed by atoms with Gasteiger partial charge in [0.15, 0.2) is 0 Å². The summed E-state index contributed by atoms with van der Waals surface area (Å²) in [6.45, 7) is 5.50. The minimum Gasteiger partial charge on any atom is -0.370 e. The second-order valence-electron chi connectivity index (χ2n) is 5.61. The Hall–Kier alpha value is -0.580. The number of hydrogen-bond donors (Lipinski definition) is 1. The molecule has 2 N–H and O–H groups in total. The fourth-order valence-corrected chi connectivity index (χ4v) is 3.87. The van der Waals surface area contributed by atoms with Crippen LogP contribution in [0.3, 0.4) is 0 Å². The second kappa shape index (κ2) is 5.81. The molecule has 1 unspecified atom stereocenters. The highest BCUT2D eigenvalue weighted by atomic mass is 79.9. The maximum Gasteiger partial charge on any atom is 0.0378 e. The molecule has 1 atom stereocenters. The summed E-state index contributed by atoms with van der Waals surface area (Å²) in [6, 6.07) is 7.36. The molecule has 2 aliphatic rings. The van der Waals surface area contributed by atoms with E-state index in [-0.39, 0.29) is 0 Å². The lowest BCUT2D eigenvalue weighted by atomic mass is 10.1. The Balaban J connectivity index is 1.79. The van der Waals surface area contributed by atoms with Gasteiger partial charge in [0.1, 0.15) is 0 Å². The minimum atomic E-state index is 0.595. The molecule has 1 aromatic rings. The van der Waals surface area contributed by atoms with E-state index >= 15 is 0 Å². The van der Waals surface area contributed by atoms with Crippen molar-refractivity contribution in [3.8, 4) is 0 Å². The molecule has 0 bridgehead atoms. The van der Waals surface area contributed by atoms with Crippen molar-refractivity contribution in [1.29, 1.82) is 0 Å². The van der Waals surface area contributed by atoms with Crippen LogP contribution in [0.2, 0.25) is 0 Å². The zero-order valence-electron chi connectivity index (χ0n) is 11.3. The number of rotatable bonds is 2. The molecule has 0 saturated carbocycles. The van der Waals surface area contributed by atoms with Crippen LogP contribution in [0.1, 0.15) is 24.8 Å². The van der Waals surface area contributed by atoms with Crippen LogP contribution in [0.4, 0.5) is 5.69 Å². The zero-order valence-corrected chi connectivity index (χ0v) is 12.9. The van der Waals surface area contributed by atoms with Crippen LogP contribution < -0.4 is 10.6 Å². The SMILES string of the molecule is NCc1ccc(N2CCCN3CCCC3C2)cc1Br. The van der Waals surface area contributed by atoms with Gasteiger partial charge in [0.25, 0.3) is 0 Å². The van der Waals surface area contributed by atoms with Crippen LogP contribution in [0.25, 0.3) is 0 Å². The van der Waals surface area contributed by atoms with Gasteiger partial charge >= 0.3 is 0 Å². The van der Waals surface area contributed by atoms with Gasteiger partial charge in [-0.1, -0.05) is 22.0 Å². The van der Waals surface area contributed by atoms with Gasteiger partial charge in [-0.15, -0.1) is 0 Å². The number of benzene rings is 1. The van der Waals surface area contributed by atoms with Gasteiger partial charge < -0.3 is 10.6 Å². The molecule has 4 heteroatoms. The average molecular weight is 324 g/mol. The maximum absolute atomic E-state index is 5.72. The summed E-state index contributed by atoms with van der Waals surface area (Å²) >= 11 is 3.63. The van der Waals surface area contributed by atoms with E-state index in [1.807, 2.05) is 0 Å². The summed E-state index contributed by atoms with van der Waals surface area (Å²) in [7, 11) is 0. The summed E-state index contributed by atoms with van der Waals surface area (Å²) in [5.41, 5.74) is 8.24. The Bertz CT molecular complexity index is 449. The van der Waals surface area contributed by atoms with Crippen LogP contribution in [-0.2, 0) is 6.54 Å². The lowest BCUT2D eigenvalue weighted by Gasteiger charge is -2.27. The van der Waals surface area contributed by atoms with Gasteiger partial charge in [-0.25, -0.2) is 0 Å². The molecule has 0 amide bonds. The monoisotopic (exact) mass is 323 g/mol. The highest BCUT2D eigenvalue weighted by Crippen LogP contribution is 2.28. The molecule has 0 aromatic heterocycles. The summed E-state index contributed by atoms with van der Waals surface area (Å²) in [6.07, 6.45) is 4.00. The van der Waals surface area contributed by atoms with Crippen molar-refractivity contribution in [3.63, 3.8) is 0 Å². The van der Waals surface area contributed by atoms with Crippen LogP contribution in [0.5, 0.6) is 0 Å². The molecule has 2 fully saturated rings. The molecular weight excluding hydrogens is 302 g/mol. The fourth-order valence-electron chi connectivity index (χ4n) is 3.34. The molecule has 0 radical (unpaired) electrons. The molecular formula is C15H22BrN3. The summed E-state index contributed by atoms with van der Waals surface area (Å²) in [5.74, 6) is 0. The van der Waals surface area contributed by atoms with E-state index in [1.165, 1.54) is 56.7 Å². The number of halogens is 1. The highest BCUT2D eigenvalue weighted by Gasteiger charge is 2.28. The Labute approximate surface area is 123 Å². The first-order valence-electron chi connectivity index (χ1n) is 7.25. The normalized spacial score (nSPS) is 24.3. The zero-order chi connectivity index (χ0) is 13.2. The molecule has 2 saturated heterocycles. The number of anilines is 1. The Morgan fingerprint density at radius 1 is 1.21 bits per heavy atom. The molecule has 3 nitrogen and oxygen atoms in total. The standard InChI is InChI=1S/C15H22BrN3/c16-15-9-13(5-4-12(15)10-17)19-8-2-7-18-6-1-3-14(18)11-19/h4-5,9,14H,1-3,6-8,10-11,17H2. The highest BCUT2D eigenvalue weighted by molar-refractivity contribution is 9.10. The van der Waals surface area contributed by atoms with E-state index in [1.54, 1.807) is 0 Å². The van der Waals surface area contributed by atoms with E-state index in [2.05, 4.69) is 43.9 Å². The second-order valence-corrected chi connectivity index (χ2v) is 6.47. The van der Waals surface area contributed by atoms with Crippen LogP contribution in [0.15, 0.2) is 22.7 Å². The predicted molar refractivity (Wildman–Crippen MR) is 83.5 cm³/mol. The Morgan fingerprint density at radius 2 is 2.05 bits per heavy atom. The summed E-state index contributed by atoms with van der Waals surface area (Å²) in [4.78, 5) is 5.21. The van der Waals surface area contributed by atoms with Crippen molar-refractivity contribution in [3.05, 3.63) is 28.2 Å².